The van der Waals surface area contributed by atoms with Crippen molar-refractivity contribution in [2.75, 3.05) is 26.0 Å². The van der Waals surface area contributed by atoms with Crippen LogP contribution in [0.15, 0.2) is 23.1 Å². The average molecular weight is 317 g/mol. The zero-order valence-corrected chi connectivity index (χ0v) is 13.0. The molecule has 0 saturated heterocycles. The molecule has 0 amide bonds. The molecule has 8 nitrogen and oxygen atoms in total. The lowest BCUT2D eigenvalue weighted by Gasteiger charge is -2.27. The molecule has 0 bridgehead atoms. The molecule has 0 spiro atoms. The number of nitro groups is 1. The minimum absolute atomic E-state index is 0.0244. The van der Waals surface area contributed by atoms with Crippen LogP contribution in [0.4, 0.5) is 11.4 Å². The summed E-state index contributed by atoms with van der Waals surface area (Å²) in [5.74, 6) is 0. The van der Waals surface area contributed by atoms with Crippen molar-refractivity contribution in [3.8, 4) is 0 Å². The van der Waals surface area contributed by atoms with Gasteiger partial charge in [-0.1, -0.05) is 6.92 Å². The van der Waals surface area contributed by atoms with Crippen molar-refractivity contribution in [3.63, 3.8) is 0 Å². The normalized spacial score (nSPS) is 13.3. The van der Waals surface area contributed by atoms with Gasteiger partial charge in [-0.3, -0.25) is 10.1 Å². The Morgan fingerprint density at radius 2 is 2.10 bits per heavy atom. The van der Waals surface area contributed by atoms with Crippen LogP contribution < -0.4 is 5.73 Å². The second-order valence-corrected chi connectivity index (χ2v) is 6.35. The van der Waals surface area contributed by atoms with Gasteiger partial charge >= 0.3 is 0 Å². The molecule has 21 heavy (non-hydrogen) atoms. The number of ether oxygens (including phenoxy) is 1. The van der Waals surface area contributed by atoms with E-state index in [-0.39, 0.29) is 29.4 Å². The van der Waals surface area contributed by atoms with E-state index in [1.54, 1.807) is 13.8 Å². The van der Waals surface area contributed by atoms with Gasteiger partial charge in [0, 0.05) is 31.8 Å². The number of nitrogen functional groups attached to an aromatic ring is 1. The first kappa shape index (κ1) is 17.3. The van der Waals surface area contributed by atoms with Crippen LogP contribution in [0.3, 0.4) is 0 Å². The maximum Gasteiger partial charge on any atom is 0.270 e. The third kappa shape index (κ3) is 3.69. The molecular weight excluding hydrogens is 298 g/mol. The van der Waals surface area contributed by atoms with Gasteiger partial charge in [0.1, 0.15) is 4.90 Å². The van der Waals surface area contributed by atoms with E-state index in [0.717, 1.165) is 6.07 Å². The summed E-state index contributed by atoms with van der Waals surface area (Å²) >= 11 is 0. The molecular formula is C12H19N3O5S. The van der Waals surface area contributed by atoms with Crippen LogP contribution in [-0.4, -0.2) is 43.9 Å². The highest BCUT2D eigenvalue weighted by Gasteiger charge is 2.30. The highest BCUT2D eigenvalue weighted by Crippen LogP contribution is 2.27. The summed E-state index contributed by atoms with van der Waals surface area (Å²) in [5.41, 5.74) is 5.34. The van der Waals surface area contributed by atoms with Crippen molar-refractivity contribution in [2.24, 2.45) is 0 Å². The number of methoxy groups -OCH3 is 1. The van der Waals surface area contributed by atoms with E-state index >= 15 is 0 Å². The van der Waals surface area contributed by atoms with Crippen molar-refractivity contribution in [2.45, 2.75) is 24.8 Å². The molecule has 0 heterocycles. The number of nitro benzene ring substituents is 1. The van der Waals surface area contributed by atoms with Crippen molar-refractivity contribution in [3.05, 3.63) is 28.3 Å². The van der Waals surface area contributed by atoms with E-state index in [1.165, 1.54) is 23.5 Å². The fourth-order valence-corrected chi connectivity index (χ4v) is 3.79. The number of anilines is 1. The summed E-state index contributed by atoms with van der Waals surface area (Å²) in [6.07, 6.45) is 0. The van der Waals surface area contributed by atoms with Crippen LogP contribution in [0.25, 0.3) is 0 Å². The number of rotatable bonds is 7. The number of sulfonamides is 1. The molecule has 118 valence electrons. The van der Waals surface area contributed by atoms with Gasteiger partial charge in [-0.15, -0.1) is 0 Å². The summed E-state index contributed by atoms with van der Waals surface area (Å²) in [6.45, 7) is 3.78. The number of non-ortho nitro benzene ring substituents is 1. The third-order valence-corrected chi connectivity index (χ3v) is 5.15. The number of nitrogens with two attached hydrogens (primary N) is 1. The molecule has 0 aliphatic rings. The standard InChI is InChI=1S/C12H19N3O5S/c1-4-14(9(2)8-20-3)21(18,19)12-7-10(15(16)17)5-6-11(12)13/h5-7,9H,4,8,13H2,1-3H3. The number of benzene rings is 1. The van der Waals surface area contributed by atoms with Crippen LogP contribution in [0.2, 0.25) is 0 Å². The first-order valence-corrected chi connectivity index (χ1v) is 7.74. The zero-order valence-electron chi connectivity index (χ0n) is 12.1. The van der Waals surface area contributed by atoms with Crippen LogP contribution in [0.5, 0.6) is 0 Å². The second kappa shape index (κ2) is 6.83. The predicted molar refractivity (Wildman–Crippen MR) is 78.4 cm³/mol. The molecule has 0 aromatic heterocycles. The molecule has 0 aliphatic heterocycles. The van der Waals surface area contributed by atoms with Crippen molar-refractivity contribution in [1.82, 2.24) is 4.31 Å². The summed E-state index contributed by atoms with van der Waals surface area (Å²) < 4.78 is 31.5. The van der Waals surface area contributed by atoms with Gasteiger partial charge in [0.2, 0.25) is 10.0 Å². The average Bonchev–Trinajstić information content (AvgIpc) is 2.39. The second-order valence-electron chi connectivity index (χ2n) is 4.49. The van der Waals surface area contributed by atoms with Gasteiger partial charge in [-0.05, 0) is 13.0 Å². The van der Waals surface area contributed by atoms with Crippen LogP contribution >= 0.6 is 0 Å². The molecule has 1 aromatic carbocycles. The maximum atomic E-state index is 12.6. The van der Waals surface area contributed by atoms with Crippen molar-refractivity contribution < 1.29 is 18.1 Å². The van der Waals surface area contributed by atoms with Gasteiger partial charge in [0.25, 0.3) is 5.69 Å². The van der Waals surface area contributed by atoms with Gasteiger partial charge in [-0.25, -0.2) is 8.42 Å². The van der Waals surface area contributed by atoms with E-state index < -0.39 is 21.0 Å². The molecule has 1 unspecified atom stereocenters. The Morgan fingerprint density at radius 1 is 1.48 bits per heavy atom. The molecule has 9 heteroatoms. The van der Waals surface area contributed by atoms with E-state index in [4.69, 9.17) is 10.5 Å². The maximum absolute atomic E-state index is 12.6. The van der Waals surface area contributed by atoms with E-state index in [0.29, 0.717) is 0 Å². The Hall–Kier alpha value is -1.71. The highest BCUT2D eigenvalue weighted by molar-refractivity contribution is 7.89. The van der Waals surface area contributed by atoms with Crippen LogP contribution in [0.1, 0.15) is 13.8 Å². The lowest BCUT2D eigenvalue weighted by atomic mass is 10.3. The Labute approximate surface area is 123 Å². The predicted octanol–water partition coefficient (Wildman–Crippen LogP) is 1.22. The SMILES string of the molecule is CCN(C(C)COC)S(=O)(=O)c1cc([N+](=O)[O-])ccc1N. The smallest absolute Gasteiger partial charge is 0.270 e. The van der Waals surface area contributed by atoms with Gasteiger partial charge in [-0.2, -0.15) is 4.31 Å². The first-order chi connectivity index (χ1) is 9.75. The van der Waals surface area contributed by atoms with E-state index in [9.17, 15) is 18.5 Å². The molecule has 0 saturated carbocycles. The fraction of sp³-hybridized carbons (Fsp3) is 0.500. The summed E-state index contributed by atoms with van der Waals surface area (Å²) in [5, 5.41) is 10.8. The molecule has 1 aromatic rings. The Balaban J connectivity index is 3.34. The fourth-order valence-electron chi connectivity index (χ4n) is 2.03. The number of hydrogen-bond donors (Lipinski definition) is 1. The summed E-state index contributed by atoms with van der Waals surface area (Å²) in [4.78, 5) is 9.88. The third-order valence-electron chi connectivity index (χ3n) is 3.01. The quantitative estimate of drug-likeness (QED) is 0.459. The number of hydrogen-bond acceptors (Lipinski definition) is 6. The monoisotopic (exact) mass is 317 g/mol. The Bertz CT molecular complexity index is 617. The van der Waals surface area contributed by atoms with Crippen molar-refractivity contribution in [1.29, 1.82) is 0 Å². The summed E-state index contributed by atoms with van der Waals surface area (Å²) in [6, 6.07) is 2.96. The molecule has 1 atom stereocenters. The Kier molecular flexibility index (Phi) is 5.64. The topological polar surface area (TPSA) is 116 Å². The van der Waals surface area contributed by atoms with Gasteiger partial charge in [0.15, 0.2) is 0 Å². The van der Waals surface area contributed by atoms with Crippen LogP contribution in [0, 0.1) is 10.1 Å². The largest absolute Gasteiger partial charge is 0.398 e. The first-order valence-electron chi connectivity index (χ1n) is 6.30. The number of nitrogens with zero attached hydrogens (tertiary/aromatic N) is 2. The Morgan fingerprint density at radius 3 is 2.57 bits per heavy atom. The lowest BCUT2D eigenvalue weighted by molar-refractivity contribution is -0.385. The molecule has 2 N–H and O–H groups in total. The zero-order chi connectivity index (χ0) is 16.2. The van der Waals surface area contributed by atoms with Crippen molar-refractivity contribution >= 4 is 21.4 Å². The number of likely N-dealkylation sites (N-methyl/N-ethyl adjacent to an activating group) is 1. The minimum Gasteiger partial charge on any atom is -0.398 e. The molecule has 1 rings (SSSR count). The van der Waals surface area contributed by atoms with E-state index in [2.05, 4.69) is 0 Å². The summed E-state index contributed by atoms with van der Waals surface area (Å²) in [7, 11) is -2.46. The lowest BCUT2D eigenvalue weighted by Crippen LogP contribution is -2.41. The minimum atomic E-state index is -3.94. The van der Waals surface area contributed by atoms with Gasteiger partial charge < -0.3 is 10.5 Å². The molecule has 0 aliphatic carbocycles. The van der Waals surface area contributed by atoms with Crippen LogP contribution in [-0.2, 0) is 14.8 Å². The molecule has 0 fully saturated rings. The van der Waals surface area contributed by atoms with E-state index in [1.807, 2.05) is 0 Å². The molecule has 0 radical (unpaired) electrons. The highest BCUT2D eigenvalue weighted by atomic mass is 32.2. The van der Waals surface area contributed by atoms with Gasteiger partial charge in [0.05, 0.1) is 17.2 Å².